The van der Waals surface area contributed by atoms with E-state index in [0.717, 1.165) is 75.6 Å². The minimum atomic E-state index is -1.16. The number of phenolic OH excluding ortho intramolecular Hbond substituents is 1. The molecule has 1 saturated carbocycles. The van der Waals surface area contributed by atoms with Gasteiger partial charge in [-0.1, -0.05) is 12.1 Å². The largest absolute Gasteiger partial charge is 0.507 e. The molecule has 10 heteroatoms. The number of ether oxygens (including phenoxy) is 1. The van der Waals surface area contributed by atoms with Crippen LogP contribution < -0.4 is 10.6 Å². The van der Waals surface area contributed by atoms with Crippen LogP contribution in [0.4, 0.5) is 15.0 Å². The third kappa shape index (κ3) is 7.79. The highest BCUT2D eigenvalue weighted by Gasteiger charge is 2.30. The Labute approximate surface area is 216 Å². The number of fused-ring (bicyclic) bond motifs is 1. The van der Waals surface area contributed by atoms with Crippen LogP contribution in [0.1, 0.15) is 55.3 Å². The summed E-state index contributed by atoms with van der Waals surface area (Å²) in [6.45, 7) is 1.87. The number of carboxylic acids is 1. The molecule has 2 aromatic rings. The van der Waals surface area contributed by atoms with E-state index in [1.54, 1.807) is 0 Å². The van der Waals surface area contributed by atoms with Gasteiger partial charge in [-0.25, -0.2) is 19.0 Å². The zero-order valence-corrected chi connectivity index (χ0v) is 20.9. The van der Waals surface area contributed by atoms with Crippen molar-refractivity contribution in [1.29, 1.82) is 0 Å². The van der Waals surface area contributed by atoms with Crippen LogP contribution in [0.2, 0.25) is 0 Å². The summed E-state index contributed by atoms with van der Waals surface area (Å²) in [5.41, 5.74) is 2.21. The van der Waals surface area contributed by atoms with Crippen LogP contribution in [0.5, 0.6) is 5.75 Å². The first kappa shape index (κ1) is 26.7. The first-order chi connectivity index (χ1) is 17.9. The number of benzene rings is 1. The summed E-state index contributed by atoms with van der Waals surface area (Å²) in [6, 6.07) is 7.37. The van der Waals surface area contributed by atoms with Crippen molar-refractivity contribution in [1.82, 2.24) is 15.2 Å². The van der Waals surface area contributed by atoms with Crippen molar-refractivity contribution in [3.05, 3.63) is 53.0 Å². The number of aromatic nitrogens is 1. The summed E-state index contributed by atoms with van der Waals surface area (Å²) in [7, 11) is 0. The van der Waals surface area contributed by atoms with E-state index in [9.17, 15) is 24.2 Å². The van der Waals surface area contributed by atoms with Crippen molar-refractivity contribution in [2.24, 2.45) is 0 Å². The number of amides is 1. The van der Waals surface area contributed by atoms with E-state index in [1.807, 2.05) is 0 Å². The van der Waals surface area contributed by atoms with Crippen LogP contribution in [0.3, 0.4) is 0 Å². The van der Waals surface area contributed by atoms with Crippen LogP contribution in [-0.4, -0.2) is 63.9 Å². The number of phenols is 1. The molecule has 0 bridgehead atoms. The number of hydrogen-bond acceptors (Lipinski definition) is 7. The highest BCUT2D eigenvalue weighted by atomic mass is 19.1. The second-order valence-electron chi connectivity index (χ2n) is 9.70. The molecule has 0 radical (unpaired) electrons. The molecule has 1 atom stereocenters. The molecule has 1 aliphatic heterocycles. The molecule has 1 aliphatic carbocycles. The Morgan fingerprint density at radius 1 is 1.22 bits per heavy atom. The van der Waals surface area contributed by atoms with Gasteiger partial charge in [-0.15, -0.1) is 0 Å². The molecule has 1 aromatic heterocycles. The van der Waals surface area contributed by atoms with Gasteiger partial charge in [-0.2, -0.15) is 0 Å². The van der Waals surface area contributed by atoms with Gasteiger partial charge < -0.3 is 30.5 Å². The van der Waals surface area contributed by atoms with Gasteiger partial charge in [-0.05, 0) is 81.7 Å². The number of carbonyl (C=O) groups excluding carboxylic acids is 1. The van der Waals surface area contributed by atoms with Crippen LogP contribution in [0.15, 0.2) is 30.3 Å². The number of aliphatic carboxylic acids is 1. The summed E-state index contributed by atoms with van der Waals surface area (Å²) in [5, 5.41) is 25.0. The van der Waals surface area contributed by atoms with Crippen LogP contribution in [0.25, 0.3) is 0 Å². The predicted octanol–water partition coefficient (Wildman–Crippen LogP) is 3.84. The number of nitrogens with one attached hydrogen (secondary N) is 2. The summed E-state index contributed by atoms with van der Waals surface area (Å²) in [6.07, 6.45) is 6.52. The van der Waals surface area contributed by atoms with Gasteiger partial charge in [0.25, 0.3) is 0 Å². The number of unbranched alkanes of at least 4 members (excludes halogenated alkanes) is 1. The van der Waals surface area contributed by atoms with E-state index >= 15 is 0 Å². The van der Waals surface area contributed by atoms with Crippen molar-refractivity contribution in [2.75, 3.05) is 25.0 Å². The molecule has 200 valence electrons. The number of carbonyl (C=O) groups is 2. The Balaban J connectivity index is 1.20. The zero-order chi connectivity index (χ0) is 26.2. The molecule has 1 amide bonds. The number of aryl methyl sites for hydroxylation is 2. The Bertz CT molecular complexity index is 1070. The van der Waals surface area contributed by atoms with Crippen molar-refractivity contribution in [3.8, 4) is 5.75 Å². The number of anilines is 1. The molecule has 0 spiro atoms. The van der Waals surface area contributed by atoms with E-state index < -0.39 is 30.5 Å². The number of nitrogens with zero attached hydrogens (tertiary/aromatic N) is 2. The first-order valence-electron chi connectivity index (χ1n) is 13.0. The quantitative estimate of drug-likeness (QED) is 0.297. The Morgan fingerprint density at radius 2 is 2.05 bits per heavy atom. The Hall–Kier alpha value is -3.40. The molecule has 1 fully saturated rings. The van der Waals surface area contributed by atoms with Crippen LogP contribution in [0, 0.1) is 5.82 Å². The average molecular weight is 515 g/mol. The fourth-order valence-corrected chi connectivity index (χ4v) is 4.61. The van der Waals surface area contributed by atoms with Crippen molar-refractivity contribution < 1.29 is 28.9 Å². The molecule has 1 aromatic carbocycles. The highest BCUT2D eigenvalue weighted by Crippen LogP contribution is 2.28. The maximum Gasteiger partial charge on any atom is 0.408 e. The minimum Gasteiger partial charge on any atom is -0.507 e. The molecule has 4 rings (SSSR count). The average Bonchev–Trinajstić information content (AvgIpc) is 3.72. The molecule has 37 heavy (non-hydrogen) atoms. The fraction of sp³-hybridized carbons (Fsp3) is 0.519. The standard InChI is InChI=1S/C27H35FN4O5/c28-22-7-3-8-24(33)21(22)17-37-27(36)31-23(26(34)35)13-16-32(20-11-12-20)15-2-1-6-19-10-9-18-5-4-14-29-25(18)30-19/h3,7-10,20,23,33H,1-2,4-6,11-17H2,(H,29,30)(H,31,36)(H,34,35). The monoisotopic (exact) mass is 514 g/mol. The number of aromatic hydroxyl groups is 1. The Morgan fingerprint density at radius 3 is 2.81 bits per heavy atom. The number of alkyl carbamates (subject to hydrolysis) is 1. The van der Waals surface area contributed by atoms with Gasteiger partial charge in [-0.3, -0.25) is 0 Å². The van der Waals surface area contributed by atoms with Gasteiger partial charge in [0, 0.05) is 24.8 Å². The second kappa shape index (κ2) is 12.7. The number of rotatable bonds is 13. The van der Waals surface area contributed by atoms with Crippen molar-refractivity contribution in [3.63, 3.8) is 0 Å². The number of carboxylic acid groups (broad SMARTS) is 1. The maximum atomic E-state index is 13.8. The molecule has 4 N–H and O–H groups in total. The van der Waals surface area contributed by atoms with Crippen LogP contribution in [-0.2, 0) is 29.0 Å². The Kier molecular flexibility index (Phi) is 9.16. The topological polar surface area (TPSA) is 124 Å². The molecule has 1 unspecified atom stereocenters. The lowest BCUT2D eigenvalue weighted by Gasteiger charge is -2.24. The molecular weight excluding hydrogens is 479 g/mol. The molecule has 0 saturated heterocycles. The van der Waals surface area contributed by atoms with E-state index in [1.165, 1.54) is 17.7 Å². The number of halogens is 1. The second-order valence-corrected chi connectivity index (χ2v) is 9.70. The van der Waals surface area contributed by atoms with Crippen LogP contribution >= 0.6 is 0 Å². The minimum absolute atomic E-state index is 0.161. The van der Waals surface area contributed by atoms with Crippen molar-refractivity contribution in [2.45, 2.75) is 70.1 Å². The SMILES string of the molecule is O=C(NC(CCN(CCCCc1ccc2c(n1)NCCC2)C1CC1)C(=O)O)OCc1c(O)cccc1F. The molecule has 2 heterocycles. The third-order valence-corrected chi connectivity index (χ3v) is 6.88. The van der Waals surface area contributed by atoms with E-state index in [2.05, 4.69) is 27.7 Å². The highest BCUT2D eigenvalue weighted by molar-refractivity contribution is 5.79. The summed E-state index contributed by atoms with van der Waals surface area (Å²) in [4.78, 5) is 30.9. The van der Waals surface area contributed by atoms with Gasteiger partial charge in [0.2, 0.25) is 0 Å². The molecule has 2 aliphatic rings. The molecule has 9 nitrogen and oxygen atoms in total. The van der Waals surface area contributed by atoms with Gasteiger partial charge in [0.05, 0.1) is 5.56 Å². The lowest BCUT2D eigenvalue weighted by molar-refractivity contribution is -0.139. The third-order valence-electron chi connectivity index (χ3n) is 6.88. The number of hydrogen-bond donors (Lipinski definition) is 4. The van der Waals surface area contributed by atoms with Crippen molar-refractivity contribution >= 4 is 17.9 Å². The lowest BCUT2D eigenvalue weighted by atomic mass is 10.1. The van der Waals surface area contributed by atoms with E-state index in [4.69, 9.17) is 9.72 Å². The lowest BCUT2D eigenvalue weighted by Crippen LogP contribution is -2.43. The van der Waals surface area contributed by atoms with Gasteiger partial charge in [0.1, 0.15) is 30.0 Å². The van der Waals surface area contributed by atoms with Gasteiger partial charge >= 0.3 is 12.1 Å². The summed E-state index contributed by atoms with van der Waals surface area (Å²) >= 11 is 0. The summed E-state index contributed by atoms with van der Waals surface area (Å²) < 4.78 is 18.8. The maximum absolute atomic E-state index is 13.8. The zero-order valence-electron chi connectivity index (χ0n) is 20.9. The first-order valence-corrected chi connectivity index (χ1v) is 13.0. The normalized spacial score (nSPS) is 15.5. The molecular formula is C27H35FN4O5. The smallest absolute Gasteiger partial charge is 0.408 e. The van der Waals surface area contributed by atoms with E-state index in [0.29, 0.717) is 12.6 Å². The van der Waals surface area contributed by atoms with E-state index in [-0.39, 0.29) is 17.7 Å². The predicted molar refractivity (Wildman–Crippen MR) is 136 cm³/mol. The summed E-state index contributed by atoms with van der Waals surface area (Å²) in [5.74, 6) is -1.18. The fourth-order valence-electron chi connectivity index (χ4n) is 4.61. The van der Waals surface area contributed by atoms with Gasteiger partial charge in [0.15, 0.2) is 0 Å². The number of pyridine rings is 1.